The van der Waals surface area contributed by atoms with Crippen LogP contribution < -0.4 is 10.5 Å². The van der Waals surface area contributed by atoms with E-state index < -0.39 is 6.10 Å². The summed E-state index contributed by atoms with van der Waals surface area (Å²) in [5.41, 5.74) is 6.27. The molecule has 15 heavy (non-hydrogen) atoms. The molecule has 0 aliphatic heterocycles. The van der Waals surface area contributed by atoms with Crippen LogP contribution in [0.1, 0.15) is 24.2 Å². The van der Waals surface area contributed by atoms with Crippen molar-refractivity contribution in [3.63, 3.8) is 0 Å². The summed E-state index contributed by atoms with van der Waals surface area (Å²) in [7, 11) is 1.48. The highest BCUT2D eigenvalue weighted by Crippen LogP contribution is 2.26. The molecule has 84 valence electrons. The van der Waals surface area contributed by atoms with Crippen molar-refractivity contribution in [2.24, 2.45) is 5.73 Å². The van der Waals surface area contributed by atoms with Gasteiger partial charge in [0.05, 0.1) is 13.2 Å². The summed E-state index contributed by atoms with van der Waals surface area (Å²) in [5, 5.41) is 9.49. The molecule has 0 bridgehead atoms. The fourth-order valence-corrected chi connectivity index (χ4v) is 1.48. The maximum Gasteiger partial charge on any atom is 0.130 e. The standard InChI is InChI=1S/C11H16FNO2/c1-3-8-9(12)4-7(10(14)6-13)5-11(8)15-2/h4-5,10,14H,3,6,13H2,1-2H3. The Morgan fingerprint density at radius 2 is 2.20 bits per heavy atom. The van der Waals surface area contributed by atoms with Crippen LogP contribution in [0.3, 0.4) is 0 Å². The van der Waals surface area contributed by atoms with Crippen LogP contribution in [-0.4, -0.2) is 18.8 Å². The molecule has 1 aromatic rings. The molecule has 0 aliphatic rings. The molecule has 1 unspecified atom stereocenters. The third-order valence-electron chi connectivity index (χ3n) is 2.36. The highest BCUT2D eigenvalue weighted by atomic mass is 19.1. The molecule has 3 N–H and O–H groups in total. The Morgan fingerprint density at radius 3 is 2.67 bits per heavy atom. The van der Waals surface area contributed by atoms with E-state index in [1.807, 2.05) is 6.92 Å². The molecule has 1 atom stereocenters. The number of methoxy groups -OCH3 is 1. The van der Waals surface area contributed by atoms with Crippen LogP contribution in [0, 0.1) is 5.82 Å². The zero-order valence-corrected chi connectivity index (χ0v) is 8.96. The predicted octanol–water partition coefficient (Wildman–Crippen LogP) is 1.39. The van der Waals surface area contributed by atoms with Crippen LogP contribution in [-0.2, 0) is 6.42 Å². The first-order valence-electron chi connectivity index (χ1n) is 4.88. The highest BCUT2D eigenvalue weighted by Gasteiger charge is 2.13. The Labute approximate surface area is 88.7 Å². The van der Waals surface area contributed by atoms with E-state index in [0.29, 0.717) is 23.3 Å². The third kappa shape index (κ3) is 2.46. The van der Waals surface area contributed by atoms with Gasteiger partial charge in [-0.2, -0.15) is 0 Å². The van der Waals surface area contributed by atoms with Crippen molar-refractivity contribution in [3.8, 4) is 5.75 Å². The van der Waals surface area contributed by atoms with Crippen molar-refractivity contribution in [3.05, 3.63) is 29.1 Å². The average Bonchev–Trinajstić information content (AvgIpc) is 2.26. The first kappa shape index (κ1) is 11.9. The van der Waals surface area contributed by atoms with Crippen LogP contribution in [0.15, 0.2) is 12.1 Å². The van der Waals surface area contributed by atoms with E-state index in [1.54, 1.807) is 6.07 Å². The lowest BCUT2D eigenvalue weighted by molar-refractivity contribution is 0.185. The van der Waals surface area contributed by atoms with Gasteiger partial charge in [-0.1, -0.05) is 6.92 Å². The molecule has 0 aromatic heterocycles. The molecule has 0 fully saturated rings. The Kier molecular flexibility index (Phi) is 4.05. The molecule has 0 spiro atoms. The number of aliphatic hydroxyl groups excluding tert-OH is 1. The first-order valence-corrected chi connectivity index (χ1v) is 4.88. The second kappa shape index (κ2) is 5.09. The second-order valence-electron chi connectivity index (χ2n) is 3.29. The zero-order chi connectivity index (χ0) is 11.4. The van der Waals surface area contributed by atoms with E-state index in [4.69, 9.17) is 10.5 Å². The largest absolute Gasteiger partial charge is 0.496 e. The Morgan fingerprint density at radius 1 is 1.53 bits per heavy atom. The predicted molar refractivity (Wildman–Crippen MR) is 56.3 cm³/mol. The van der Waals surface area contributed by atoms with E-state index in [1.165, 1.54) is 13.2 Å². The van der Waals surface area contributed by atoms with Gasteiger partial charge < -0.3 is 15.6 Å². The fraction of sp³-hybridized carbons (Fsp3) is 0.455. The van der Waals surface area contributed by atoms with Crippen LogP contribution in [0.5, 0.6) is 5.75 Å². The van der Waals surface area contributed by atoms with Gasteiger partial charge in [0.1, 0.15) is 11.6 Å². The van der Waals surface area contributed by atoms with Crippen molar-refractivity contribution in [2.75, 3.05) is 13.7 Å². The van der Waals surface area contributed by atoms with Crippen molar-refractivity contribution >= 4 is 0 Å². The summed E-state index contributed by atoms with van der Waals surface area (Å²) in [6, 6.07) is 2.93. The van der Waals surface area contributed by atoms with Crippen molar-refractivity contribution in [1.29, 1.82) is 0 Å². The van der Waals surface area contributed by atoms with Gasteiger partial charge in [-0.3, -0.25) is 0 Å². The quantitative estimate of drug-likeness (QED) is 0.794. The summed E-state index contributed by atoms with van der Waals surface area (Å²) in [5.74, 6) is 0.0966. The van der Waals surface area contributed by atoms with Crippen LogP contribution >= 0.6 is 0 Å². The SMILES string of the molecule is CCc1c(F)cc(C(O)CN)cc1OC. The molecule has 0 aliphatic carbocycles. The van der Waals surface area contributed by atoms with E-state index in [-0.39, 0.29) is 12.4 Å². The number of benzene rings is 1. The molecular formula is C11H16FNO2. The van der Waals surface area contributed by atoms with Crippen LogP contribution in [0.25, 0.3) is 0 Å². The summed E-state index contributed by atoms with van der Waals surface area (Å²) in [6.45, 7) is 1.91. The number of aliphatic hydroxyl groups is 1. The summed E-state index contributed by atoms with van der Waals surface area (Å²) in [6.07, 6.45) is -0.298. The van der Waals surface area contributed by atoms with Gasteiger partial charge in [-0.05, 0) is 24.1 Å². The molecule has 0 amide bonds. The minimum Gasteiger partial charge on any atom is -0.496 e. The molecule has 4 heteroatoms. The normalized spacial score (nSPS) is 12.6. The number of halogens is 1. The topological polar surface area (TPSA) is 55.5 Å². The van der Waals surface area contributed by atoms with Crippen LogP contribution in [0.2, 0.25) is 0 Å². The van der Waals surface area contributed by atoms with Gasteiger partial charge in [0.15, 0.2) is 0 Å². The van der Waals surface area contributed by atoms with E-state index in [9.17, 15) is 9.50 Å². The summed E-state index contributed by atoms with van der Waals surface area (Å²) < 4.78 is 18.6. The lowest BCUT2D eigenvalue weighted by atomic mass is 10.0. The van der Waals surface area contributed by atoms with Gasteiger partial charge in [0, 0.05) is 12.1 Å². The maximum atomic E-state index is 13.6. The molecular weight excluding hydrogens is 197 g/mol. The number of hydrogen-bond acceptors (Lipinski definition) is 3. The number of hydrogen-bond donors (Lipinski definition) is 2. The van der Waals surface area contributed by atoms with Crippen molar-refractivity contribution < 1.29 is 14.2 Å². The van der Waals surface area contributed by atoms with Gasteiger partial charge >= 0.3 is 0 Å². The molecule has 0 saturated heterocycles. The summed E-state index contributed by atoms with van der Waals surface area (Å²) in [4.78, 5) is 0. The zero-order valence-electron chi connectivity index (χ0n) is 8.96. The molecule has 0 radical (unpaired) electrons. The number of rotatable bonds is 4. The van der Waals surface area contributed by atoms with Crippen molar-refractivity contribution in [1.82, 2.24) is 0 Å². The third-order valence-corrected chi connectivity index (χ3v) is 2.36. The van der Waals surface area contributed by atoms with E-state index in [2.05, 4.69) is 0 Å². The Hall–Kier alpha value is -1.13. The van der Waals surface area contributed by atoms with Crippen LogP contribution in [0.4, 0.5) is 4.39 Å². The van der Waals surface area contributed by atoms with Gasteiger partial charge in [0.2, 0.25) is 0 Å². The van der Waals surface area contributed by atoms with E-state index >= 15 is 0 Å². The molecule has 1 rings (SSSR count). The highest BCUT2D eigenvalue weighted by molar-refractivity contribution is 5.39. The fourth-order valence-electron chi connectivity index (χ4n) is 1.48. The molecule has 3 nitrogen and oxygen atoms in total. The monoisotopic (exact) mass is 213 g/mol. The lowest BCUT2D eigenvalue weighted by Gasteiger charge is -2.13. The van der Waals surface area contributed by atoms with Gasteiger partial charge in [-0.25, -0.2) is 4.39 Å². The Bertz CT molecular complexity index is 342. The Balaban J connectivity index is 3.19. The first-order chi connectivity index (χ1) is 7.13. The minimum atomic E-state index is -0.848. The smallest absolute Gasteiger partial charge is 0.130 e. The van der Waals surface area contributed by atoms with Crippen molar-refractivity contribution in [2.45, 2.75) is 19.4 Å². The molecule has 1 aromatic carbocycles. The molecule has 0 saturated carbocycles. The van der Waals surface area contributed by atoms with Gasteiger partial charge in [-0.15, -0.1) is 0 Å². The lowest BCUT2D eigenvalue weighted by Crippen LogP contribution is -2.12. The average molecular weight is 213 g/mol. The minimum absolute atomic E-state index is 0.0636. The second-order valence-corrected chi connectivity index (χ2v) is 3.29. The van der Waals surface area contributed by atoms with Gasteiger partial charge in [0.25, 0.3) is 0 Å². The van der Waals surface area contributed by atoms with E-state index in [0.717, 1.165) is 0 Å². The summed E-state index contributed by atoms with van der Waals surface area (Å²) >= 11 is 0. The number of nitrogens with two attached hydrogens (primary N) is 1. The molecule has 0 heterocycles. The maximum absolute atomic E-state index is 13.6. The number of ether oxygens (including phenoxy) is 1.